The second-order valence-corrected chi connectivity index (χ2v) is 4.88. The number of amides is 1. The molecule has 1 aromatic rings. The number of likely N-dealkylation sites (N-methyl/N-ethyl adjacent to an activating group) is 1. The summed E-state index contributed by atoms with van der Waals surface area (Å²) in [6.45, 7) is 3.75. The molecule has 1 aromatic carbocycles. The van der Waals surface area contributed by atoms with E-state index >= 15 is 0 Å². The Morgan fingerprint density at radius 3 is 2.68 bits per heavy atom. The van der Waals surface area contributed by atoms with Crippen LogP contribution < -0.4 is 14.8 Å². The van der Waals surface area contributed by atoms with Gasteiger partial charge in [-0.1, -0.05) is 0 Å². The summed E-state index contributed by atoms with van der Waals surface area (Å²) in [5.74, 6) is 1.25. The highest BCUT2D eigenvalue weighted by Gasteiger charge is 2.15. The van der Waals surface area contributed by atoms with Crippen molar-refractivity contribution in [1.82, 2.24) is 10.2 Å². The molecule has 1 atom stereocenters. The molecule has 0 spiro atoms. The van der Waals surface area contributed by atoms with Gasteiger partial charge in [0.2, 0.25) is 0 Å². The summed E-state index contributed by atoms with van der Waals surface area (Å²) in [6.07, 6.45) is 0. The zero-order valence-corrected chi connectivity index (χ0v) is 11.6. The Morgan fingerprint density at radius 1 is 1.32 bits per heavy atom. The van der Waals surface area contributed by atoms with Crippen LogP contribution in [0.5, 0.6) is 11.5 Å². The lowest BCUT2D eigenvalue weighted by molar-refractivity contribution is 0.0942. The second-order valence-electron chi connectivity index (χ2n) is 4.88. The first-order chi connectivity index (χ1) is 9.08. The molecule has 0 unspecified atom stereocenters. The Bertz CT molecular complexity index is 460. The van der Waals surface area contributed by atoms with Crippen LogP contribution in [0.2, 0.25) is 0 Å². The van der Waals surface area contributed by atoms with Crippen molar-refractivity contribution in [2.24, 2.45) is 0 Å². The molecule has 1 heterocycles. The van der Waals surface area contributed by atoms with Crippen molar-refractivity contribution in [3.8, 4) is 11.5 Å². The quantitative estimate of drug-likeness (QED) is 0.886. The Balaban J connectivity index is 1.99. The summed E-state index contributed by atoms with van der Waals surface area (Å²) in [5, 5.41) is 2.91. The van der Waals surface area contributed by atoms with E-state index in [9.17, 15) is 4.79 Å². The van der Waals surface area contributed by atoms with Gasteiger partial charge in [-0.2, -0.15) is 0 Å². The van der Waals surface area contributed by atoms with Crippen molar-refractivity contribution in [2.45, 2.75) is 13.0 Å². The fraction of sp³-hybridized carbons (Fsp3) is 0.500. The van der Waals surface area contributed by atoms with Crippen LogP contribution in [0.25, 0.3) is 0 Å². The number of hydrogen-bond acceptors (Lipinski definition) is 4. The third-order valence-corrected chi connectivity index (χ3v) is 3.24. The van der Waals surface area contributed by atoms with Crippen LogP contribution in [0.1, 0.15) is 17.3 Å². The highest BCUT2D eigenvalue weighted by molar-refractivity contribution is 5.94. The molecule has 0 saturated heterocycles. The zero-order valence-electron chi connectivity index (χ0n) is 11.6. The van der Waals surface area contributed by atoms with Crippen molar-refractivity contribution < 1.29 is 14.3 Å². The SMILES string of the molecule is C[C@@H](CNC(=O)c1ccc2c(c1)OCCO2)N(C)C. The molecule has 1 aliphatic rings. The molecule has 0 saturated carbocycles. The van der Waals surface area contributed by atoms with Crippen LogP contribution in [0, 0.1) is 0 Å². The molecule has 0 radical (unpaired) electrons. The standard InChI is InChI=1S/C14H20N2O3/c1-10(16(2)3)9-15-14(17)11-4-5-12-13(8-11)19-7-6-18-12/h4-5,8,10H,6-7,9H2,1-3H3,(H,15,17)/t10-/m0/s1. The Hall–Kier alpha value is -1.75. The largest absolute Gasteiger partial charge is 0.486 e. The zero-order chi connectivity index (χ0) is 13.8. The highest BCUT2D eigenvalue weighted by Crippen LogP contribution is 2.30. The van der Waals surface area contributed by atoms with Gasteiger partial charge in [0.15, 0.2) is 11.5 Å². The molecule has 0 aliphatic carbocycles. The molecular formula is C14H20N2O3. The number of nitrogens with zero attached hydrogens (tertiary/aromatic N) is 1. The van der Waals surface area contributed by atoms with Crippen LogP contribution in [0.4, 0.5) is 0 Å². The molecule has 0 fully saturated rings. The van der Waals surface area contributed by atoms with E-state index in [0.29, 0.717) is 42.9 Å². The molecule has 104 valence electrons. The molecule has 5 nitrogen and oxygen atoms in total. The van der Waals surface area contributed by atoms with Gasteiger partial charge in [-0.15, -0.1) is 0 Å². The minimum Gasteiger partial charge on any atom is -0.486 e. The van der Waals surface area contributed by atoms with E-state index in [1.54, 1.807) is 18.2 Å². The minimum absolute atomic E-state index is 0.0920. The van der Waals surface area contributed by atoms with E-state index in [1.807, 2.05) is 14.1 Å². The molecule has 1 N–H and O–H groups in total. The maximum absolute atomic E-state index is 12.0. The highest BCUT2D eigenvalue weighted by atomic mass is 16.6. The van der Waals surface area contributed by atoms with E-state index in [2.05, 4.69) is 17.1 Å². The Kier molecular flexibility index (Phi) is 4.27. The lowest BCUT2D eigenvalue weighted by atomic mass is 10.1. The minimum atomic E-state index is -0.0920. The smallest absolute Gasteiger partial charge is 0.251 e. The Labute approximate surface area is 113 Å². The van der Waals surface area contributed by atoms with E-state index in [0.717, 1.165) is 0 Å². The summed E-state index contributed by atoms with van der Waals surface area (Å²) in [7, 11) is 3.97. The van der Waals surface area contributed by atoms with Crippen LogP contribution in [0.3, 0.4) is 0 Å². The number of ether oxygens (including phenoxy) is 2. The topological polar surface area (TPSA) is 50.8 Å². The van der Waals surface area contributed by atoms with Crippen molar-refractivity contribution in [3.05, 3.63) is 23.8 Å². The van der Waals surface area contributed by atoms with Gasteiger partial charge in [0, 0.05) is 18.2 Å². The van der Waals surface area contributed by atoms with Gasteiger partial charge in [-0.25, -0.2) is 0 Å². The lowest BCUT2D eigenvalue weighted by Gasteiger charge is -2.21. The van der Waals surface area contributed by atoms with E-state index in [1.165, 1.54) is 0 Å². The Morgan fingerprint density at radius 2 is 2.00 bits per heavy atom. The summed E-state index contributed by atoms with van der Waals surface area (Å²) in [5.41, 5.74) is 0.593. The van der Waals surface area contributed by atoms with Gasteiger partial charge < -0.3 is 19.7 Å². The van der Waals surface area contributed by atoms with Crippen molar-refractivity contribution in [3.63, 3.8) is 0 Å². The molecular weight excluding hydrogens is 244 g/mol. The van der Waals surface area contributed by atoms with Crippen molar-refractivity contribution >= 4 is 5.91 Å². The number of benzene rings is 1. The maximum atomic E-state index is 12.0. The summed E-state index contributed by atoms with van der Waals surface area (Å²) < 4.78 is 10.9. The first kappa shape index (κ1) is 13.7. The summed E-state index contributed by atoms with van der Waals surface area (Å²) in [6, 6.07) is 5.55. The van der Waals surface area contributed by atoms with Crippen LogP contribution in [0.15, 0.2) is 18.2 Å². The monoisotopic (exact) mass is 264 g/mol. The van der Waals surface area contributed by atoms with Gasteiger partial charge in [0.1, 0.15) is 13.2 Å². The fourth-order valence-electron chi connectivity index (χ4n) is 1.71. The van der Waals surface area contributed by atoms with E-state index in [4.69, 9.17) is 9.47 Å². The molecule has 0 bridgehead atoms. The van der Waals surface area contributed by atoms with Gasteiger partial charge in [0.05, 0.1) is 0 Å². The number of rotatable bonds is 4. The number of carbonyl (C=O) groups excluding carboxylic acids is 1. The molecule has 5 heteroatoms. The van der Waals surface area contributed by atoms with Gasteiger partial charge >= 0.3 is 0 Å². The second kappa shape index (κ2) is 5.93. The van der Waals surface area contributed by atoms with E-state index < -0.39 is 0 Å². The van der Waals surface area contributed by atoms with Gasteiger partial charge in [-0.05, 0) is 39.2 Å². The number of nitrogens with one attached hydrogen (secondary N) is 1. The lowest BCUT2D eigenvalue weighted by Crippen LogP contribution is -2.38. The van der Waals surface area contributed by atoms with Crippen LogP contribution in [-0.2, 0) is 0 Å². The van der Waals surface area contributed by atoms with Crippen molar-refractivity contribution in [2.75, 3.05) is 33.9 Å². The third-order valence-electron chi connectivity index (χ3n) is 3.24. The molecule has 0 aromatic heterocycles. The first-order valence-corrected chi connectivity index (χ1v) is 6.42. The molecule has 1 aliphatic heterocycles. The number of fused-ring (bicyclic) bond motifs is 1. The maximum Gasteiger partial charge on any atom is 0.251 e. The fourth-order valence-corrected chi connectivity index (χ4v) is 1.71. The molecule has 19 heavy (non-hydrogen) atoms. The average Bonchev–Trinajstić information content (AvgIpc) is 2.43. The summed E-state index contributed by atoms with van der Waals surface area (Å²) in [4.78, 5) is 14.1. The van der Waals surface area contributed by atoms with E-state index in [-0.39, 0.29) is 5.91 Å². The number of hydrogen-bond donors (Lipinski definition) is 1. The van der Waals surface area contributed by atoms with Gasteiger partial charge in [0.25, 0.3) is 5.91 Å². The predicted octanol–water partition coefficient (Wildman–Crippen LogP) is 1.14. The number of carbonyl (C=O) groups is 1. The van der Waals surface area contributed by atoms with Crippen molar-refractivity contribution in [1.29, 1.82) is 0 Å². The van der Waals surface area contributed by atoms with Gasteiger partial charge in [-0.3, -0.25) is 4.79 Å². The predicted molar refractivity (Wildman–Crippen MR) is 72.9 cm³/mol. The van der Waals surface area contributed by atoms with Crippen LogP contribution >= 0.6 is 0 Å². The average molecular weight is 264 g/mol. The first-order valence-electron chi connectivity index (χ1n) is 6.42. The van der Waals surface area contributed by atoms with Crippen LogP contribution in [-0.4, -0.2) is 50.7 Å². The normalized spacial score (nSPS) is 15.2. The molecule has 1 amide bonds. The molecule has 2 rings (SSSR count). The third kappa shape index (κ3) is 3.38. The summed E-state index contributed by atoms with van der Waals surface area (Å²) >= 11 is 0.